The number of benzene rings is 2. The standard InChI is InChI=1S/C25H30N4O4/c1-25(2,3)33-22(30)14-21(17-7-5-4-6-8-17)29-24(32)20-13-19(20)23(31)28-18-11-9-16(10-12-18)15-27-26/h4-12,15,19-21H,13-14,26H2,1-3H3,(H,28,31)(H,29,32)/t19?,20?,21-/m0/s1. The van der Waals surface area contributed by atoms with Crippen molar-refractivity contribution in [1.29, 1.82) is 0 Å². The van der Waals surface area contributed by atoms with E-state index < -0.39 is 29.4 Å². The molecule has 174 valence electrons. The molecular formula is C25H30N4O4. The van der Waals surface area contributed by atoms with Crippen molar-refractivity contribution in [2.24, 2.45) is 22.8 Å². The van der Waals surface area contributed by atoms with Crippen LogP contribution in [-0.4, -0.2) is 29.6 Å². The van der Waals surface area contributed by atoms with Crippen LogP contribution in [0.2, 0.25) is 0 Å². The number of nitrogens with two attached hydrogens (primary N) is 1. The number of esters is 1. The van der Waals surface area contributed by atoms with Crippen LogP contribution in [0, 0.1) is 11.8 Å². The number of anilines is 1. The molecule has 2 aromatic rings. The van der Waals surface area contributed by atoms with Gasteiger partial charge in [-0.1, -0.05) is 42.5 Å². The summed E-state index contributed by atoms with van der Waals surface area (Å²) in [7, 11) is 0. The molecule has 0 aliphatic heterocycles. The lowest BCUT2D eigenvalue weighted by Crippen LogP contribution is -2.34. The lowest BCUT2D eigenvalue weighted by atomic mass is 10.0. The highest BCUT2D eigenvalue weighted by Gasteiger charge is 2.48. The van der Waals surface area contributed by atoms with Crippen molar-refractivity contribution in [3.63, 3.8) is 0 Å². The second kappa shape index (κ2) is 10.3. The van der Waals surface area contributed by atoms with Gasteiger partial charge in [0.1, 0.15) is 5.60 Å². The van der Waals surface area contributed by atoms with E-state index in [2.05, 4.69) is 15.7 Å². The Morgan fingerprint density at radius 3 is 2.30 bits per heavy atom. The van der Waals surface area contributed by atoms with Crippen LogP contribution in [-0.2, 0) is 19.1 Å². The molecule has 1 fully saturated rings. The van der Waals surface area contributed by atoms with Crippen LogP contribution < -0.4 is 16.5 Å². The average molecular weight is 451 g/mol. The fourth-order valence-electron chi connectivity index (χ4n) is 3.51. The minimum Gasteiger partial charge on any atom is -0.460 e. The van der Waals surface area contributed by atoms with Crippen molar-refractivity contribution in [1.82, 2.24) is 5.32 Å². The first-order valence-electron chi connectivity index (χ1n) is 10.9. The van der Waals surface area contributed by atoms with E-state index in [-0.39, 0.29) is 18.2 Å². The lowest BCUT2D eigenvalue weighted by molar-refractivity contribution is -0.155. The number of hydrazone groups is 1. The number of carbonyl (C=O) groups excluding carboxylic acids is 3. The number of carbonyl (C=O) groups is 3. The summed E-state index contributed by atoms with van der Waals surface area (Å²) in [5.74, 6) is 3.44. The molecule has 8 heteroatoms. The molecular weight excluding hydrogens is 420 g/mol. The second-order valence-electron chi connectivity index (χ2n) is 9.10. The molecule has 0 heterocycles. The average Bonchev–Trinajstić information content (AvgIpc) is 3.55. The van der Waals surface area contributed by atoms with Gasteiger partial charge in [0, 0.05) is 5.69 Å². The maximum atomic E-state index is 12.9. The Labute approximate surface area is 193 Å². The SMILES string of the molecule is CC(C)(C)OC(=O)C[C@H](NC(=O)C1CC1C(=O)Nc1ccc(C=NN)cc1)c1ccccc1. The van der Waals surface area contributed by atoms with Crippen molar-refractivity contribution < 1.29 is 19.1 Å². The molecule has 1 aliphatic carbocycles. The molecule has 0 saturated heterocycles. The summed E-state index contributed by atoms with van der Waals surface area (Å²) in [4.78, 5) is 37.8. The molecule has 3 atom stereocenters. The molecule has 2 aromatic carbocycles. The van der Waals surface area contributed by atoms with Gasteiger partial charge in [0.2, 0.25) is 11.8 Å². The van der Waals surface area contributed by atoms with Crippen LogP contribution in [0.25, 0.3) is 0 Å². The number of nitrogens with zero attached hydrogens (tertiary/aromatic N) is 1. The summed E-state index contributed by atoms with van der Waals surface area (Å²) in [5, 5.41) is 9.23. The minimum absolute atomic E-state index is 0.00899. The number of amides is 2. The van der Waals surface area contributed by atoms with Crippen molar-refractivity contribution in [3.05, 3.63) is 65.7 Å². The molecule has 2 amide bonds. The molecule has 0 bridgehead atoms. The van der Waals surface area contributed by atoms with Gasteiger partial charge in [-0.05, 0) is 50.5 Å². The normalized spacial score (nSPS) is 18.4. The zero-order valence-electron chi connectivity index (χ0n) is 19.1. The van der Waals surface area contributed by atoms with Gasteiger partial charge in [-0.15, -0.1) is 0 Å². The van der Waals surface area contributed by atoms with Gasteiger partial charge in [-0.25, -0.2) is 0 Å². The van der Waals surface area contributed by atoms with Gasteiger partial charge in [-0.2, -0.15) is 5.10 Å². The molecule has 0 aromatic heterocycles. The van der Waals surface area contributed by atoms with Crippen LogP contribution >= 0.6 is 0 Å². The van der Waals surface area contributed by atoms with E-state index in [0.717, 1.165) is 11.1 Å². The van der Waals surface area contributed by atoms with E-state index in [0.29, 0.717) is 12.1 Å². The van der Waals surface area contributed by atoms with Gasteiger partial charge in [0.05, 0.1) is 30.5 Å². The van der Waals surface area contributed by atoms with Gasteiger partial charge >= 0.3 is 5.97 Å². The summed E-state index contributed by atoms with van der Waals surface area (Å²) in [6, 6.07) is 15.8. The van der Waals surface area contributed by atoms with E-state index in [9.17, 15) is 14.4 Å². The van der Waals surface area contributed by atoms with E-state index in [1.165, 1.54) is 6.21 Å². The first-order valence-corrected chi connectivity index (χ1v) is 10.9. The lowest BCUT2D eigenvalue weighted by Gasteiger charge is -2.23. The van der Waals surface area contributed by atoms with Gasteiger partial charge in [0.25, 0.3) is 0 Å². The first kappa shape index (κ1) is 24.0. The number of ether oxygens (including phenoxy) is 1. The largest absolute Gasteiger partial charge is 0.460 e. The fraction of sp³-hybridized carbons (Fsp3) is 0.360. The molecule has 8 nitrogen and oxygen atoms in total. The van der Waals surface area contributed by atoms with E-state index in [1.54, 1.807) is 45.0 Å². The van der Waals surface area contributed by atoms with Gasteiger partial charge in [0.15, 0.2) is 0 Å². The van der Waals surface area contributed by atoms with Crippen molar-refractivity contribution in [2.75, 3.05) is 5.32 Å². The number of hydrogen-bond donors (Lipinski definition) is 3. The Morgan fingerprint density at radius 2 is 1.70 bits per heavy atom. The van der Waals surface area contributed by atoms with E-state index in [1.807, 2.05) is 30.3 Å². The topological polar surface area (TPSA) is 123 Å². The highest BCUT2D eigenvalue weighted by molar-refractivity contribution is 5.99. The smallest absolute Gasteiger partial charge is 0.308 e. The third-order valence-electron chi connectivity index (χ3n) is 5.18. The molecule has 0 radical (unpaired) electrons. The number of rotatable bonds is 8. The fourth-order valence-corrected chi connectivity index (χ4v) is 3.51. The van der Waals surface area contributed by atoms with Crippen LogP contribution in [0.1, 0.15) is 50.8 Å². The van der Waals surface area contributed by atoms with E-state index in [4.69, 9.17) is 10.6 Å². The van der Waals surface area contributed by atoms with Crippen molar-refractivity contribution in [3.8, 4) is 0 Å². The van der Waals surface area contributed by atoms with Crippen LogP contribution in [0.3, 0.4) is 0 Å². The summed E-state index contributed by atoms with van der Waals surface area (Å²) in [6.07, 6.45) is 1.98. The van der Waals surface area contributed by atoms with Crippen LogP contribution in [0.5, 0.6) is 0 Å². The predicted molar refractivity (Wildman–Crippen MR) is 126 cm³/mol. The third kappa shape index (κ3) is 7.17. The van der Waals surface area contributed by atoms with Crippen molar-refractivity contribution >= 4 is 29.7 Å². The Morgan fingerprint density at radius 1 is 1.06 bits per heavy atom. The molecule has 2 unspecified atom stereocenters. The Hall–Kier alpha value is -3.68. The van der Waals surface area contributed by atoms with Crippen LogP contribution in [0.4, 0.5) is 5.69 Å². The number of hydrogen-bond acceptors (Lipinski definition) is 6. The molecule has 0 spiro atoms. The predicted octanol–water partition coefficient (Wildman–Crippen LogP) is 3.14. The zero-order chi connectivity index (χ0) is 24.0. The third-order valence-corrected chi connectivity index (χ3v) is 5.18. The first-order chi connectivity index (χ1) is 15.7. The maximum Gasteiger partial charge on any atom is 0.308 e. The molecule has 3 rings (SSSR count). The van der Waals surface area contributed by atoms with Gasteiger partial charge in [-0.3, -0.25) is 14.4 Å². The molecule has 4 N–H and O–H groups in total. The Bertz CT molecular complexity index is 1010. The van der Waals surface area contributed by atoms with E-state index >= 15 is 0 Å². The molecule has 1 aliphatic rings. The summed E-state index contributed by atoms with van der Waals surface area (Å²) in [5.41, 5.74) is 1.64. The minimum atomic E-state index is -0.614. The highest BCUT2D eigenvalue weighted by Crippen LogP contribution is 2.40. The Balaban J connectivity index is 1.59. The zero-order valence-corrected chi connectivity index (χ0v) is 19.1. The van der Waals surface area contributed by atoms with Crippen LogP contribution in [0.15, 0.2) is 59.7 Å². The number of nitrogens with one attached hydrogen (secondary N) is 2. The quantitative estimate of drug-likeness (QED) is 0.247. The highest BCUT2D eigenvalue weighted by atomic mass is 16.6. The summed E-state index contributed by atoms with van der Waals surface area (Å²) >= 11 is 0. The monoisotopic (exact) mass is 450 g/mol. The van der Waals surface area contributed by atoms with Gasteiger partial charge < -0.3 is 21.2 Å². The van der Waals surface area contributed by atoms with Crippen molar-refractivity contribution in [2.45, 2.75) is 45.3 Å². The maximum absolute atomic E-state index is 12.9. The second-order valence-corrected chi connectivity index (χ2v) is 9.10. The Kier molecular flexibility index (Phi) is 7.48. The summed E-state index contributed by atoms with van der Waals surface area (Å²) < 4.78 is 5.43. The molecule has 1 saturated carbocycles. The molecule has 33 heavy (non-hydrogen) atoms. The summed E-state index contributed by atoms with van der Waals surface area (Å²) in [6.45, 7) is 5.40.